The Kier molecular flexibility index (Phi) is 6.70. The number of rotatable bonds is 6. The topological polar surface area (TPSA) is 84.2 Å². The number of carbonyl (C=O) groups excluding carboxylic acids is 2. The van der Waals surface area contributed by atoms with Crippen LogP contribution in [0.2, 0.25) is 0 Å². The second-order valence-electron chi connectivity index (χ2n) is 8.39. The zero-order valence-corrected chi connectivity index (χ0v) is 17.3. The van der Waals surface area contributed by atoms with Gasteiger partial charge in [-0.05, 0) is 49.9 Å². The lowest BCUT2D eigenvalue weighted by Gasteiger charge is -2.37. The van der Waals surface area contributed by atoms with Crippen molar-refractivity contribution in [1.29, 1.82) is 0 Å². The van der Waals surface area contributed by atoms with Crippen LogP contribution in [0.3, 0.4) is 0 Å². The molecule has 0 bridgehead atoms. The average Bonchev–Trinajstić information content (AvgIpc) is 2.71. The van der Waals surface area contributed by atoms with Crippen molar-refractivity contribution < 1.29 is 9.59 Å². The molecule has 0 saturated heterocycles. The van der Waals surface area contributed by atoms with Crippen molar-refractivity contribution in [2.24, 2.45) is 11.7 Å². The second kappa shape index (κ2) is 9.23. The molecule has 3 rings (SSSR count). The van der Waals surface area contributed by atoms with Crippen LogP contribution in [0.15, 0.2) is 48.5 Å². The molecule has 29 heavy (non-hydrogen) atoms. The molecule has 5 heteroatoms. The fraction of sp³-hybridized carbons (Fsp3) is 0.417. The van der Waals surface area contributed by atoms with E-state index in [0.717, 1.165) is 36.8 Å². The van der Waals surface area contributed by atoms with Crippen LogP contribution in [0.1, 0.15) is 59.7 Å². The Labute approximate surface area is 173 Å². The molecule has 5 nitrogen and oxygen atoms in total. The largest absolute Gasteiger partial charge is 0.352 e. The quantitative estimate of drug-likeness (QED) is 0.703. The van der Waals surface area contributed by atoms with Crippen molar-refractivity contribution in [2.45, 2.75) is 58.2 Å². The number of hydrogen-bond donors (Lipinski definition) is 3. The maximum Gasteiger partial charge on any atom is 0.251 e. The van der Waals surface area contributed by atoms with E-state index in [1.807, 2.05) is 56.3 Å². The maximum atomic E-state index is 12.6. The third-order valence-electron chi connectivity index (χ3n) is 5.80. The lowest BCUT2D eigenvalue weighted by molar-refractivity contribution is -0.128. The van der Waals surface area contributed by atoms with Crippen LogP contribution in [0.5, 0.6) is 0 Å². The number of hydrogen-bond acceptors (Lipinski definition) is 3. The predicted molar refractivity (Wildman–Crippen MR) is 115 cm³/mol. The number of carbonyl (C=O) groups is 2. The van der Waals surface area contributed by atoms with Crippen LogP contribution in [0, 0.1) is 12.8 Å². The molecular formula is C24H31N3O2. The highest BCUT2D eigenvalue weighted by Gasteiger charge is 2.37. The van der Waals surface area contributed by atoms with Gasteiger partial charge in [-0.15, -0.1) is 0 Å². The summed E-state index contributed by atoms with van der Waals surface area (Å²) in [4.78, 5) is 25.1. The Morgan fingerprint density at radius 2 is 1.76 bits per heavy atom. The number of nitrogens with two attached hydrogens (primary N) is 1. The van der Waals surface area contributed by atoms with Crippen LogP contribution >= 0.6 is 0 Å². The highest BCUT2D eigenvalue weighted by molar-refractivity contribution is 5.94. The molecule has 1 fully saturated rings. The zero-order valence-electron chi connectivity index (χ0n) is 17.3. The van der Waals surface area contributed by atoms with Gasteiger partial charge in [0.25, 0.3) is 5.91 Å². The third-order valence-corrected chi connectivity index (χ3v) is 5.80. The third kappa shape index (κ3) is 5.67. The maximum absolute atomic E-state index is 12.6. The minimum absolute atomic E-state index is 0.00363. The minimum atomic E-state index is -0.444. The Morgan fingerprint density at radius 3 is 2.48 bits per heavy atom. The molecule has 2 unspecified atom stereocenters. The fourth-order valence-electron chi connectivity index (χ4n) is 3.91. The van der Waals surface area contributed by atoms with Gasteiger partial charge in [-0.25, -0.2) is 0 Å². The zero-order chi connectivity index (χ0) is 20.9. The first-order chi connectivity index (χ1) is 13.8. The van der Waals surface area contributed by atoms with Crippen molar-refractivity contribution in [1.82, 2.24) is 10.6 Å². The van der Waals surface area contributed by atoms with Crippen LogP contribution in [-0.4, -0.2) is 17.4 Å². The minimum Gasteiger partial charge on any atom is -0.352 e. The number of amides is 2. The van der Waals surface area contributed by atoms with Gasteiger partial charge in [0.15, 0.2) is 0 Å². The van der Waals surface area contributed by atoms with E-state index in [1.54, 1.807) is 6.07 Å². The van der Waals surface area contributed by atoms with E-state index in [2.05, 4.69) is 10.6 Å². The second-order valence-corrected chi connectivity index (χ2v) is 8.39. The van der Waals surface area contributed by atoms with E-state index in [4.69, 9.17) is 5.73 Å². The van der Waals surface area contributed by atoms with Crippen molar-refractivity contribution >= 4 is 11.8 Å². The Bertz CT molecular complexity index is 859. The Hall–Kier alpha value is -2.66. The summed E-state index contributed by atoms with van der Waals surface area (Å²) < 4.78 is 0. The fourth-order valence-corrected chi connectivity index (χ4v) is 3.91. The molecule has 0 aliphatic heterocycles. The summed E-state index contributed by atoms with van der Waals surface area (Å²) >= 11 is 0. The van der Waals surface area contributed by atoms with Crippen LogP contribution in [-0.2, 0) is 17.9 Å². The number of aryl methyl sites for hydroxylation is 1. The van der Waals surface area contributed by atoms with Crippen LogP contribution < -0.4 is 16.4 Å². The standard InChI is InChI=1S/C24H31N3O2/c1-17-9-11-18(12-10-17)15-26-22(28)20-7-5-6-19(14-20)16-27-23(29)21-8-3-4-13-24(21,2)25/h5-7,9-12,14,21H,3-4,8,13,15-16,25H2,1-2H3,(H,26,28)(H,27,29). The summed E-state index contributed by atoms with van der Waals surface area (Å²) in [5.74, 6) is -0.276. The Morgan fingerprint density at radius 1 is 1.03 bits per heavy atom. The van der Waals surface area contributed by atoms with E-state index in [-0.39, 0.29) is 17.7 Å². The van der Waals surface area contributed by atoms with E-state index >= 15 is 0 Å². The van der Waals surface area contributed by atoms with Gasteiger partial charge in [0.1, 0.15) is 0 Å². The smallest absolute Gasteiger partial charge is 0.251 e. The molecule has 2 aromatic carbocycles. The van der Waals surface area contributed by atoms with E-state index in [9.17, 15) is 9.59 Å². The molecule has 4 N–H and O–H groups in total. The van der Waals surface area contributed by atoms with Gasteiger partial charge in [0.2, 0.25) is 5.91 Å². The molecule has 0 heterocycles. The lowest BCUT2D eigenvalue weighted by Crippen LogP contribution is -2.52. The van der Waals surface area contributed by atoms with Gasteiger partial charge in [-0.2, -0.15) is 0 Å². The highest BCUT2D eigenvalue weighted by Crippen LogP contribution is 2.31. The monoisotopic (exact) mass is 393 g/mol. The van der Waals surface area contributed by atoms with Gasteiger partial charge >= 0.3 is 0 Å². The van der Waals surface area contributed by atoms with Gasteiger partial charge in [0.05, 0.1) is 5.92 Å². The molecular weight excluding hydrogens is 362 g/mol. The first-order valence-corrected chi connectivity index (χ1v) is 10.3. The summed E-state index contributed by atoms with van der Waals surface area (Å²) in [6.45, 7) is 4.88. The molecule has 2 aromatic rings. The summed E-state index contributed by atoms with van der Waals surface area (Å²) in [7, 11) is 0. The molecule has 0 radical (unpaired) electrons. The molecule has 2 amide bonds. The van der Waals surface area contributed by atoms with Gasteiger partial charge < -0.3 is 16.4 Å². The van der Waals surface area contributed by atoms with Gasteiger partial charge in [0, 0.05) is 24.2 Å². The number of nitrogens with one attached hydrogen (secondary N) is 2. The molecule has 1 saturated carbocycles. The average molecular weight is 394 g/mol. The van der Waals surface area contributed by atoms with E-state index in [0.29, 0.717) is 18.7 Å². The summed E-state index contributed by atoms with van der Waals surface area (Å²) in [5, 5.41) is 5.95. The number of benzene rings is 2. The summed E-state index contributed by atoms with van der Waals surface area (Å²) in [6, 6.07) is 15.5. The van der Waals surface area contributed by atoms with E-state index < -0.39 is 5.54 Å². The lowest BCUT2D eigenvalue weighted by atomic mass is 9.74. The Balaban J connectivity index is 1.55. The predicted octanol–water partition coefficient (Wildman–Crippen LogP) is 3.45. The van der Waals surface area contributed by atoms with Crippen molar-refractivity contribution in [3.63, 3.8) is 0 Å². The molecule has 2 atom stereocenters. The highest BCUT2D eigenvalue weighted by atomic mass is 16.2. The first kappa shape index (κ1) is 21.1. The van der Waals surface area contributed by atoms with Gasteiger partial charge in [-0.3, -0.25) is 9.59 Å². The normalized spacial score (nSPS) is 21.4. The SMILES string of the molecule is Cc1ccc(CNC(=O)c2cccc(CNC(=O)C3CCCCC3(C)N)c2)cc1. The van der Waals surface area contributed by atoms with Crippen molar-refractivity contribution in [3.05, 3.63) is 70.8 Å². The van der Waals surface area contributed by atoms with Crippen molar-refractivity contribution in [3.8, 4) is 0 Å². The summed E-state index contributed by atoms with van der Waals surface area (Å²) in [6.07, 6.45) is 3.83. The molecule has 0 aromatic heterocycles. The van der Waals surface area contributed by atoms with E-state index in [1.165, 1.54) is 5.56 Å². The van der Waals surface area contributed by atoms with Crippen LogP contribution in [0.25, 0.3) is 0 Å². The molecule has 1 aliphatic carbocycles. The molecule has 0 spiro atoms. The summed E-state index contributed by atoms with van der Waals surface area (Å²) in [5.41, 5.74) is 9.63. The first-order valence-electron chi connectivity index (χ1n) is 10.3. The van der Waals surface area contributed by atoms with Crippen molar-refractivity contribution in [2.75, 3.05) is 0 Å². The molecule has 154 valence electrons. The molecule has 1 aliphatic rings. The van der Waals surface area contributed by atoms with Crippen LogP contribution in [0.4, 0.5) is 0 Å². The van der Waals surface area contributed by atoms with Gasteiger partial charge in [-0.1, -0.05) is 54.8 Å².